The maximum Gasteiger partial charge on any atom is 0.305 e. The summed E-state index contributed by atoms with van der Waals surface area (Å²) in [5.74, 6) is 1.09. The molecule has 0 amide bonds. The third kappa shape index (κ3) is 2.62. The second-order valence-corrected chi connectivity index (χ2v) is 3.77. The van der Waals surface area contributed by atoms with Gasteiger partial charge >= 0.3 is 5.97 Å². The fraction of sp³-hybridized carbons (Fsp3) is 0.667. The molecule has 0 saturated carbocycles. The van der Waals surface area contributed by atoms with E-state index in [-0.39, 0.29) is 5.97 Å². The van der Waals surface area contributed by atoms with E-state index in [0.717, 1.165) is 19.5 Å². The van der Waals surface area contributed by atoms with Gasteiger partial charge in [-0.2, -0.15) is 0 Å². The van der Waals surface area contributed by atoms with Gasteiger partial charge < -0.3 is 4.74 Å². The third-order valence-electron chi connectivity index (χ3n) is 2.93. The first-order chi connectivity index (χ1) is 7.63. The second-order valence-electron chi connectivity index (χ2n) is 3.77. The molecule has 4 nitrogen and oxygen atoms in total. The summed E-state index contributed by atoms with van der Waals surface area (Å²) in [6.45, 7) is 8.25. The van der Waals surface area contributed by atoms with Gasteiger partial charge in [-0.25, -0.2) is 9.13 Å². The number of methoxy groups -OCH3 is 1. The van der Waals surface area contributed by atoms with E-state index in [0.29, 0.717) is 6.42 Å². The van der Waals surface area contributed by atoms with Crippen molar-refractivity contribution in [2.75, 3.05) is 7.11 Å². The molecule has 0 N–H and O–H groups in total. The van der Waals surface area contributed by atoms with Crippen LogP contribution in [-0.4, -0.2) is 17.6 Å². The van der Waals surface area contributed by atoms with E-state index in [1.807, 2.05) is 0 Å². The van der Waals surface area contributed by atoms with Crippen molar-refractivity contribution in [3.05, 3.63) is 17.7 Å². The molecule has 1 heterocycles. The Morgan fingerprint density at radius 2 is 2.19 bits per heavy atom. The van der Waals surface area contributed by atoms with Crippen LogP contribution in [0.15, 0.2) is 6.20 Å². The van der Waals surface area contributed by atoms with Gasteiger partial charge in [0, 0.05) is 13.3 Å². The van der Waals surface area contributed by atoms with E-state index in [9.17, 15) is 4.79 Å². The highest BCUT2D eigenvalue weighted by molar-refractivity contribution is 5.69. The normalized spacial score (nSPS) is 10.5. The summed E-state index contributed by atoms with van der Waals surface area (Å²) in [5.41, 5.74) is 1.20. The van der Waals surface area contributed by atoms with Gasteiger partial charge in [-0.3, -0.25) is 4.79 Å². The number of aromatic nitrogens is 2. The lowest BCUT2D eigenvalue weighted by atomic mass is 10.2. The average Bonchev–Trinajstić information content (AvgIpc) is 2.61. The molecule has 0 saturated heterocycles. The van der Waals surface area contributed by atoms with Crippen LogP contribution in [0.25, 0.3) is 0 Å². The molecule has 0 aliphatic carbocycles. The molecule has 1 aromatic heterocycles. The van der Waals surface area contributed by atoms with Crippen LogP contribution in [0.3, 0.4) is 0 Å². The third-order valence-corrected chi connectivity index (χ3v) is 2.93. The van der Waals surface area contributed by atoms with Crippen LogP contribution in [0, 0.1) is 6.92 Å². The summed E-state index contributed by atoms with van der Waals surface area (Å²) in [7, 11) is 1.43. The minimum atomic E-state index is -0.149. The molecule has 1 rings (SSSR count). The topological polar surface area (TPSA) is 35.1 Å². The smallest absolute Gasteiger partial charge is 0.305 e. The quantitative estimate of drug-likeness (QED) is 0.558. The van der Waals surface area contributed by atoms with Crippen LogP contribution < -0.4 is 4.57 Å². The first-order valence-electron chi connectivity index (χ1n) is 5.79. The average molecular weight is 225 g/mol. The number of carbonyl (C=O) groups is 1. The number of aryl methyl sites for hydroxylation is 2. The monoisotopic (exact) mass is 225 g/mol. The summed E-state index contributed by atoms with van der Waals surface area (Å²) in [6.07, 6.45) is 3.32. The van der Waals surface area contributed by atoms with E-state index < -0.39 is 0 Å². The molecular formula is C12H21N2O2+. The van der Waals surface area contributed by atoms with Crippen molar-refractivity contribution >= 4 is 5.97 Å². The highest BCUT2D eigenvalue weighted by Gasteiger charge is 2.18. The van der Waals surface area contributed by atoms with Crippen LogP contribution in [-0.2, 0) is 29.0 Å². The number of esters is 1. The van der Waals surface area contributed by atoms with Gasteiger partial charge in [0.2, 0.25) is 0 Å². The molecule has 90 valence electrons. The first kappa shape index (κ1) is 12.7. The standard InChI is InChI=1S/C12H21N2O2/c1-5-13-9-11(7-8-12(15)16-4)14(6-2)10(13)3/h9H,5-8H2,1-4H3/q+1. The first-order valence-corrected chi connectivity index (χ1v) is 5.79. The zero-order valence-corrected chi connectivity index (χ0v) is 10.6. The number of rotatable bonds is 5. The van der Waals surface area contributed by atoms with Crippen LogP contribution >= 0.6 is 0 Å². The van der Waals surface area contributed by atoms with Crippen LogP contribution in [0.4, 0.5) is 0 Å². The van der Waals surface area contributed by atoms with Crippen LogP contribution in [0.2, 0.25) is 0 Å². The minimum absolute atomic E-state index is 0.149. The number of hydrogen-bond donors (Lipinski definition) is 0. The lowest BCUT2D eigenvalue weighted by Crippen LogP contribution is -2.33. The van der Waals surface area contributed by atoms with Gasteiger partial charge in [0.1, 0.15) is 11.9 Å². The van der Waals surface area contributed by atoms with Crippen LogP contribution in [0.5, 0.6) is 0 Å². The minimum Gasteiger partial charge on any atom is -0.469 e. The molecule has 1 aromatic rings. The lowest BCUT2D eigenvalue weighted by molar-refractivity contribution is -0.699. The molecule has 16 heavy (non-hydrogen) atoms. The van der Waals surface area contributed by atoms with Crippen molar-refractivity contribution < 1.29 is 14.1 Å². The fourth-order valence-corrected chi connectivity index (χ4v) is 1.99. The summed E-state index contributed by atoms with van der Waals surface area (Å²) in [6, 6.07) is 0. The Hall–Kier alpha value is -1.32. The maximum atomic E-state index is 11.1. The molecule has 0 aromatic carbocycles. The Balaban J connectivity index is 2.82. The Morgan fingerprint density at radius 1 is 1.50 bits per heavy atom. The number of ether oxygens (including phenoxy) is 1. The SMILES string of the molecule is CCn1c(CCC(=O)OC)c[n+](CC)c1C. The summed E-state index contributed by atoms with van der Waals surface area (Å²) < 4.78 is 9.10. The zero-order valence-electron chi connectivity index (χ0n) is 10.6. The molecule has 0 unspecified atom stereocenters. The highest BCUT2D eigenvalue weighted by Crippen LogP contribution is 2.06. The zero-order chi connectivity index (χ0) is 12.1. The summed E-state index contributed by atoms with van der Waals surface area (Å²) in [5, 5.41) is 0. The molecule has 0 radical (unpaired) electrons. The molecule has 0 aliphatic rings. The van der Waals surface area contributed by atoms with Gasteiger partial charge in [0.15, 0.2) is 0 Å². The van der Waals surface area contributed by atoms with Crippen molar-refractivity contribution in [2.24, 2.45) is 0 Å². The largest absolute Gasteiger partial charge is 0.469 e. The van der Waals surface area contributed by atoms with E-state index in [2.05, 4.69) is 40.8 Å². The summed E-state index contributed by atoms with van der Waals surface area (Å²) in [4.78, 5) is 11.1. The highest BCUT2D eigenvalue weighted by atomic mass is 16.5. The number of carbonyl (C=O) groups excluding carboxylic acids is 1. The summed E-state index contributed by atoms with van der Waals surface area (Å²) >= 11 is 0. The molecule has 0 atom stereocenters. The van der Waals surface area contributed by atoms with E-state index in [1.54, 1.807) is 0 Å². The lowest BCUT2D eigenvalue weighted by Gasteiger charge is -2.00. The predicted molar refractivity (Wildman–Crippen MR) is 61.0 cm³/mol. The number of nitrogens with zero attached hydrogens (tertiary/aromatic N) is 2. The molecule has 0 bridgehead atoms. The molecule has 0 fully saturated rings. The van der Waals surface area contributed by atoms with E-state index in [4.69, 9.17) is 0 Å². The Morgan fingerprint density at radius 3 is 2.69 bits per heavy atom. The van der Waals surface area contributed by atoms with Gasteiger partial charge in [0.25, 0.3) is 5.82 Å². The van der Waals surface area contributed by atoms with Crippen molar-refractivity contribution in [3.63, 3.8) is 0 Å². The van der Waals surface area contributed by atoms with Crippen molar-refractivity contribution in [1.82, 2.24) is 4.57 Å². The van der Waals surface area contributed by atoms with Gasteiger partial charge in [-0.05, 0) is 13.8 Å². The van der Waals surface area contributed by atoms with Crippen molar-refractivity contribution in [3.8, 4) is 0 Å². The Kier molecular flexibility index (Phi) is 4.52. The molecule has 0 spiro atoms. The number of imidazole rings is 1. The fourth-order valence-electron chi connectivity index (χ4n) is 1.99. The molecule has 4 heteroatoms. The van der Waals surface area contributed by atoms with Gasteiger partial charge in [0.05, 0.1) is 26.6 Å². The maximum absolute atomic E-state index is 11.1. The van der Waals surface area contributed by atoms with Gasteiger partial charge in [-0.1, -0.05) is 0 Å². The van der Waals surface area contributed by atoms with Crippen LogP contribution in [0.1, 0.15) is 31.8 Å². The Bertz CT molecular complexity index is 369. The predicted octanol–water partition coefficient (Wildman–Crippen LogP) is 1.23. The van der Waals surface area contributed by atoms with E-state index >= 15 is 0 Å². The van der Waals surface area contributed by atoms with Crippen molar-refractivity contribution in [1.29, 1.82) is 0 Å². The molecule has 0 aliphatic heterocycles. The second kappa shape index (κ2) is 5.68. The van der Waals surface area contributed by atoms with E-state index in [1.165, 1.54) is 18.6 Å². The van der Waals surface area contributed by atoms with Crippen molar-refractivity contribution in [2.45, 2.75) is 46.7 Å². The Labute approximate surface area is 96.8 Å². The van der Waals surface area contributed by atoms with Gasteiger partial charge in [-0.15, -0.1) is 0 Å². The number of hydrogen-bond acceptors (Lipinski definition) is 2. The molecular weight excluding hydrogens is 204 g/mol.